The summed E-state index contributed by atoms with van der Waals surface area (Å²) in [5.41, 5.74) is 0.888. The largest absolute Gasteiger partial charge is 0.514 e. The lowest BCUT2D eigenvalue weighted by molar-refractivity contribution is -0.0222. The minimum atomic E-state index is -0.609. The Kier molecular flexibility index (Phi) is 8.30. The molecule has 0 aliphatic carbocycles. The maximum absolute atomic E-state index is 12.1. The second-order valence-electron chi connectivity index (χ2n) is 7.00. The van der Waals surface area contributed by atoms with Crippen LogP contribution in [0.3, 0.4) is 0 Å². The molecule has 0 N–H and O–H groups in total. The fourth-order valence-corrected chi connectivity index (χ4v) is 3.18. The van der Waals surface area contributed by atoms with Gasteiger partial charge in [-0.2, -0.15) is 0 Å². The summed E-state index contributed by atoms with van der Waals surface area (Å²) in [5.74, 6) is 1.77. The van der Waals surface area contributed by atoms with E-state index in [1.165, 1.54) is 12.0 Å². The summed E-state index contributed by atoms with van der Waals surface area (Å²) in [6.07, 6.45) is 4.06. The number of benzene rings is 1. The van der Waals surface area contributed by atoms with Crippen LogP contribution >= 0.6 is 0 Å². The predicted octanol–water partition coefficient (Wildman–Crippen LogP) is 6.71. The van der Waals surface area contributed by atoms with Gasteiger partial charge in [0, 0.05) is 0 Å². The molecule has 0 amide bonds. The molecule has 136 valence electrons. The monoisotopic (exact) mass is 334 g/mol. The molecular formula is C21H34O3. The fourth-order valence-electron chi connectivity index (χ4n) is 3.18. The lowest BCUT2D eigenvalue weighted by Gasteiger charge is -2.29. The van der Waals surface area contributed by atoms with Gasteiger partial charge < -0.3 is 9.47 Å². The van der Waals surface area contributed by atoms with E-state index in [-0.39, 0.29) is 0 Å². The van der Waals surface area contributed by atoms with Crippen molar-refractivity contribution in [1.29, 1.82) is 0 Å². The molecule has 0 aliphatic rings. The first-order valence-electron chi connectivity index (χ1n) is 9.40. The van der Waals surface area contributed by atoms with Gasteiger partial charge in [0.05, 0.1) is 0 Å². The first-order chi connectivity index (χ1) is 11.4. The van der Waals surface area contributed by atoms with Crippen LogP contribution in [0.2, 0.25) is 0 Å². The van der Waals surface area contributed by atoms with Gasteiger partial charge in [-0.05, 0) is 61.6 Å². The lowest BCUT2D eigenvalue weighted by atomic mass is 9.88. The van der Waals surface area contributed by atoms with E-state index in [9.17, 15) is 4.79 Å². The molecule has 1 unspecified atom stereocenters. The summed E-state index contributed by atoms with van der Waals surface area (Å²) in [7, 11) is 0. The maximum Gasteiger partial charge on any atom is 0.514 e. The summed E-state index contributed by atoms with van der Waals surface area (Å²) >= 11 is 0. The standard InChI is InChI=1S/C21H34O3/c1-7-17(15-16(5)6)18-11-13-19(14-12-18)23-20(22)24-21(8-2,9-3)10-4/h11-14,16-17H,7-10,15H2,1-6H3. The van der Waals surface area contributed by atoms with Crippen LogP contribution in [0, 0.1) is 5.92 Å². The van der Waals surface area contributed by atoms with E-state index >= 15 is 0 Å². The lowest BCUT2D eigenvalue weighted by Crippen LogP contribution is -2.34. The Balaban J connectivity index is 2.71. The Morgan fingerprint density at radius 1 is 1.00 bits per heavy atom. The van der Waals surface area contributed by atoms with Crippen molar-refractivity contribution in [1.82, 2.24) is 0 Å². The van der Waals surface area contributed by atoms with Crippen molar-refractivity contribution in [3.8, 4) is 5.75 Å². The molecule has 0 saturated heterocycles. The molecule has 0 spiro atoms. The molecule has 3 heteroatoms. The zero-order valence-electron chi connectivity index (χ0n) is 16.2. The summed E-state index contributed by atoms with van der Waals surface area (Å²) < 4.78 is 10.9. The van der Waals surface area contributed by atoms with Crippen molar-refractivity contribution >= 4 is 6.16 Å². The van der Waals surface area contributed by atoms with Gasteiger partial charge in [-0.1, -0.05) is 53.7 Å². The molecule has 24 heavy (non-hydrogen) atoms. The molecule has 0 aromatic heterocycles. The van der Waals surface area contributed by atoms with Crippen molar-refractivity contribution in [2.75, 3.05) is 0 Å². The Morgan fingerprint density at radius 2 is 1.54 bits per heavy atom. The molecule has 3 nitrogen and oxygen atoms in total. The second-order valence-corrected chi connectivity index (χ2v) is 7.00. The SMILES string of the molecule is CCC(CC(C)C)c1ccc(OC(=O)OC(CC)(CC)CC)cc1. The van der Waals surface area contributed by atoms with Crippen molar-refractivity contribution in [2.24, 2.45) is 5.92 Å². The normalized spacial score (nSPS) is 13.0. The third-order valence-corrected chi connectivity index (χ3v) is 5.03. The van der Waals surface area contributed by atoms with E-state index in [4.69, 9.17) is 9.47 Å². The average Bonchev–Trinajstić information content (AvgIpc) is 2.58. The number of carbonyl (C=O) groups is 1. The fraction of sp³-hybridized carbons (Fsp3) is 0.667. The van der Waals surface area contributed by atoms with E-state index in [0.29, 0.717) is 17.6 Å². The van der Waals surface area contributed by atoms with E-state index in [0.717, 1.165) is 25.7 Å². The first-order valence-corrected chi connectivity index (χ1v) is 9.40. The Labute approximate surface area is 147 Å². The highest BCUT2D eigenvalue weighted by atomic mass is 16.7. The van der Waals surface area contributed by atoms with Gasteiger partial charge in [-0.25, -0.2) is 4.79 Å². The highest BCUT2D eigenvalue weighted by Gasteiger charge is 2.29. The zero-order chi connectivity index (χ0) is 18.2. The summed E-state index contributed by atoms with van der Waals surface area (Å²) in [4.78, 5) is 12.1. The highest BCUT2D eigenvalue weighted by molar-refractivity contribution is 5.64. The zero-order valence-corrected chi connectivity index (χ0v) is 16.2. The summed E-state index contributed by atoms with van der Waals surface area (Å²) in [5, 5.41) is 0. The van der Waals surface area contributed by atoms with Crippen LogP contribution in [0.25, 0.3) is 0 Å². The van der Waals surface area contributed by atoms with E-state index in [1.807, 2.05) is 32.9 Å². The molecule has 1 aromatic carbocycles. The number of rotatable bonds is 9. The van der Waals surface area contributed by atoms with Crippen molar-refractivity contribution in [3.63, 3.8) is 0 Å². The van der Waals surface area contributed by atoms with E-state index in [1.54, 1.807) is 0 Å². The molecule has 0 fully saturated rings. The molecule has 0 bridgehead atoms. The van der Waals surface area contributed by atoms with Gasteiger partial charge in [0.1, 0.15) is 11.4 Å². The van der Waals surface area contributed by atoms with Crippen molar-refractivity contribution in [3.05, 3.63) is 29.8 Å². The van der Waals surface area contributed by atoms with Gasteiger partial charge in [0.15, 0.2) is 0 Å². The van der Waals surface area contributed by atoms with Gasteiger partial charge in [-0.3, -0.25) is 0 Å². The summed E-state index contributed by atoms with van der Waals surface area (Å²) in [6, 6.07) is 7.86. The molecule has 0 radical (unpaired) electrons. The van der Waals surface area contributed by atoms with Crippen LogP contribution in [0.1, 0.15) is 85.1 Å². The third-order valence-electron chi connectivity index (χ3n) is 5.03. The number of hydrogen-bond acceptors (Lipinski definition) is 3. The molecule has 1 aromatic rings. The molecule has 0 heterocycles. The maximum atomic E-state index is 12.1. The molecular weight excluding hydrogens is 300 g/mol. The Hall–Kier alpha value is -1.51. The van der Waals surface area contributed by atoms with E-state index < -0.39 is 11.8 Å². The second kappa shape index (κ2) is 9.71. The van der Waals surface area contributed by atoms with Crippen LogP contribution < -0.4 is 4.74 Å². The van der Waals surface area contributed by atoms with Crippen LogP contribution in [0.5, 0.6) is 5.75 Å². The predicted molar refractivity (Wildman–Crippen MR) is 99.6 cm³/mol. The van der Waals surface area contributed by atoms with Crippen LogP contribution in [-0.2, 0) is 4.74 Å². The third kappa shape index (κ3) is 5.85. The van der Waals surface area contributed by atoms with Gasteiger partial charge >= 0.3 is 6.16 Å². The quantitative estimate of drug-likeness (QED) is 0.372. The van der Waals surface area contributed by atoms with Gasteiger partial charge in [-0.15, -0.1) is 0 Å². The average molecular weight is 335 g/mol. The number of ether oxygens (including phenoxy) is 2. The van der Waals surface area contributed by atoms with Gasteiger partial charge in [0.25, 0.3) is 0 Å². The van der Waals surface area contributed by atoms with Crippen LogP contribution in [-0.4, -0.2) is 11.8 Å². The summed E-state index contributed by atoms with van der Waals surface area (Å²) in [6.45, 7) is 12.8. The Bertz CT molecular complexity index is 478. The minimum Gasteiger partial charge on any atom is -0.427 e. The smallest absolute Gasteiger partial charge is 0.427 e. The first kappa shape index (κ1) is 20.5. The molecule has 1 atom stereocenters. The molecule has 0 saturated carbocycles. The van der Waals surface area contributed by atoms with Gasteiger partial charge in [0.2, 0.25) is 0 Å². The van der Waals surface area contributed by atoms with Crippen LogP contribution in [0.4, 0.5) is 4.79 Å². The number of carbonyl (C=O) groups excluding carboxylic acids is 1. The molecule has 1 rings (SSSR count). The topological polar surface area (TPSA) is 35.5 Å². The van der Waals surface area contributed by atoms with Crippen LogP contribution in [0.15, 0.2) is 24.3 Å². The van der Waals surface area contributed by atoms with E-state index in [2.05, 4.69) is 32.9 Å². The molecule has 0 aliphatic heterocycles. The number of hydrogen-bond donors (Lipinski definition) is 0. The Morgan fingerprint density at radius 3 is 1.96 bits per heavy atom. The highest BCUT2D eigenvalue weighted by Crippen LogP contribution is 2.29. The van der Waals surface area contributed by atoms with Crippen molar-refractivity contribution in [2.45, 2.75) is 85.2 Å². The minimum absolute atomic E-state index is 0.415. The van der Waals surface area contributed by atoms with Crippen molar-refractivity contribution < 1.29 is 14.3 Å².